The van der Waals surface area contributed by atoms with Crippen molar-refractivity contribution in [1.82, 2.24) is 20.8 Å². The Morgan fingerprint density at radius 3 is 2.29 bits per heavy atom. The highest BCUT2D eigenvalue weighted by Gasteiger charge is 2.21. The van der Waals surface area contributed by atoms with Crippen LogP contribution in [0.3, 0.4) is 0 Å². The van der Waals surface area contributed by atoms with Crippen LogP contribution in [0.4, 0.5) is 0 Å². The van der Waals surface area contributed by atoms with Gasteiger partial charge in [-0.25, -0.2) is 9.97 Å². The highest BCUT2D eigenvalue weighted by Crippen LogP contribution is 2.23. The molecule has 132 valence electrons. The molecule has 0 spiro atoms. The second kappa shape index (κ2) is 9.01. The summed E-state index contributed by atoms with van der Waals surface area (Å²) in [5.74, 6) is -0.217. The van der Waals surface area contributed by atoms with Crippen LogP contribution in [0, 0.1) is 19.8 Å². The van der Waals surface area contributed by atoms with Gasteiger partial charge in [-0.3, -0.25) is 20.4 Å². The molecule has 2 N–H and O–H groups in total. The molecular weight excluding hydrogens is 324 g/mol. The van der Waals surface area contributed by atoms with Crippen LogP contribution in [0.25, 0.3) is 0 Å². The van der Waals surface area contributed by atoms with Crippen molar-refractivity contribution in [3.05, 3.63) is 17.0 Å². The Morgan fingerprint density at radius 2 is 1.71 bits per heavy atom. The Labute approximate surface area is 147 Å². The Bertz CT molecular complexity index is 577. The molecule has 0 aromatic carbocycles. The summed E-state index contributed by atoms with van der Waals surface area (Å²) in [7, 11) is 0. The molecule has 2 rings (SSSR count). The number of carbonyl (C=O) groups is 2. The molecule has 1 fully saturated rings. The average molecular weight is 350 g/mol. The molecule has 1 aromatic heterocycles. The number of rotatable bonds is 5. The lowest BCUT2D eigenvalue weighted by Gasteiger charge is -2.20. The van der Waals surface area contributed by atoms with Crippen molar-refractivity contribution in [3.63, 3.8) is 0 Å². The molecule has 1 aliphatic carbocycles. The third-order valence-corrected chi connectivity index (χ3v) is 5.03. The van der Waals surface area contributed by atoms with Crippen molar-refractivity contribution in [1.29, 1.82) is 0 Å². The number of thioether (sulfide) groups is 1. The van der Waals surface area contributed by atoms with Gasteiger partial charge in [-0.05, 0) is 44.9 Å². The van der Waals surface area contributed by atoms with E-state index < -0.39 is 0 Å². The number of nitrogens with zero attached hydrogens (tertiary/aromatic N) is 2. The molecule has 1 heterocycles. The molecule has 0 radical (unpaired) electrons. The molecule has 2 amide bonds. The molecule has 1 aliphatic rings. The van der Waals surface area contributed by atoms with Gasteiger partial charge in [0, 0.05) is 23.7 Å². The van der Waals surface area contributed by atoms with E-state index in [1.807, 2.05) is 20.1 Å². The van der Waals surface area contributed by atoms with Crippen molar-refractivity contribution in [3.8, 4) is 0 Å². The summed E-state index contributed by atoms with van der Waals surface area (Å²) in [4.78, 5) is 32.8. The zero-order valence-corrected chi connectivity index (χ0v) is 15.5. The standard InChI is InChI=1S/C17H26N4O2S/c1-11-14(12(2)19-17(18-11)24-3)9-10-15(22)20-21-16(23)13-7-5-4-6-8-13/h13H,4-10H2,1-3H3,(H,20,22)(H,21,23). The third-order valence-electron chi connectivity index (χ3n) is 4.49. The van der Waals surface area contributed by atoms with Crippen molar-refractivity contribution in [2.24, 2.45) is 5.92 Å². The van der Waals surface area contributed by atoms with E-state index in [2.05, 4.69) is 20.8 Å². The van der Waals surface area contributed by atoms with E-state index in [0.29, 0.717) is 12.8 Å². The molecule has 0 unspecified atom stereocenters. The van der Waals surface area contributed by atoms with Gasteiger partial charge in [0.05, 0.1) is 0 Å². The summed E-state index contributed by atoms with van der Waals surface area (Å²) >= 11 is 1.51. The smallest absolute Gasteiger partial charge is 0.241 e. The van der Waals surface area contributed by atoms with Gasteiger partial charge in [-0.2, -0.15) is 0 Å². The minimum Gasteiger partial charge on any atom is -0.273 e. The lowest BCUT2D eigenvalue weighted by atomic mass is 9.89. The monoisotopic (exact) mass is 350 g/mol. The summed E-state index contributed by atoms with van der Waals surface area (Å²) in [5.41, 5.74) is 7.91. The van der Waals surface area contributed by atoms with E-state index in [9.17, 15) is 9.59 Å². The molecule has 7 heteroatoms. The van der Waals surface area contributed by atoms with Crippen LogP contribution in [0.15, 0.2) is 5.16 Å². The Balaban J connectivity index is 1.80. The Hall–Kier alpha value is -1.63. The van der Waals surface area contributed by atoms with Crippen LogP contribution in [0.2, 0.25) is 0 Å². The Kier molecular flexibility index (Phi) is 7.02. The largest absolute Gasteiger partial charge is 0.273 e. The van der Waals surface area contributed by atoms with Gasteiger partial charge in [0.2, 0.25) is 11.8 Å². The number of hydrogen-bond acceptors (Lipinski definition) is 5. The van der Waals surface area contributed by atoms with Gasteiger partial charge in [-0.15, -0.1) is 0 Å². The number of carbonyl (C=O) groups excluding carboxylic acids is 2. The molecule has 6 nitrogen and oxygen atoms in total. The van der Waals surface area contributed by atoms with E-state index in [0.717, 1.165) is 47.8 Å². The first kappa shape index (κ1) is 18.7. The summed E-state index contributed by atoms with van der Waals surface area (Å²) in [6.07, 6.45) is 8.03. The predicted octanol–water partition coefficient (Wildman–Crippen LogP) is 2.48. The van der Waals surface area contributed by atoms with E-state index >= 15 is 0 Å². The fraction of sp³-hybridized carbons (Fsp3) is 0.647. The maximum Gasteiger partial charge on any atom is 0.241 e. The number of aryl methyl sites for hydroxylation is 2. The lowest BCUT2D eigenvalue weighted by molar-refractivity contribution is -0.131. The molecular formula is C17H26N4O2S. The normalized spacial score (nSPS) is 15.1. The van der Waals surface area contributed by atoms with Crippen LogP contribution >= 0.6 is 11.8 Å². The SMILES string of the molecule is CSc1nc(C)c(CCC(=O)NNC(=O)C2CCCCC2)c(C)n1. The predicted molar refractivity (Wildman–Crippen MR) is 94.5 cm³/mol. The zero-order chi connectivity index (χ0) is 17.5. The van der Waals surface area contributed by atoms with E-state index in [1.54, 1.807) is 0 Å². The maximum absolute atomic E-state index is 12.0. The number of hydrogen-bond donors (Lipinski definition) is 2. The molecule has 0 saturated heterocycles. The quantitative estimate of drug-likeness (QED) is 0.484. The van der Waals surface area contributed by atoms with Gasteiger partial charge in [0.15, 0.2) is 5.16 Å². The zero-order valence-electron chi connectivity index (χ0n) is 14.6. The van der Waals surface area contributed by atoms with Crippen molar-refractivity contribution in [2.45, 2.75) is 63.9 Å². The highest BCUT2D eigenvalue weighted by atomic mass is 32.2. The average Bonchev–Trinajstić information content (AvgIpc) is 2.59. The maximum atomic E-state index is 12.0. The van der Waals surface area contributed by atoms with Crippen LogP contribution in [0.5, 0.6) is 0 Å². The van der Waals surface area contributed by atoms with Crippen LogP contribution in [-0.2, 0) is 16.0 Å². The van der Waals surface area contributed by atoms with Gasteiger partial charge < -0.3 is 0 Å². The van der Waals surface area contributed by atoms with Crippen molar-refractivity contribution < 1.29 is 9.59 Å². The van der Waals surface area contributed by atoms with Gasteiger partial charge in [0.1, 0.15) is 0 Å². The summed E-state index contributed by atoms with van der Waals surface area (Å²) < 4.78 is 0. The van der Waals surface area contributed by atoms with Crippen molar-refractivity contribution >= 4 is 23.6 Å². The fourth-order valence-electron chi connectivity index (χ4n) is 3.06. The minimum atomic E-state index is -0.188. The molecule has 1 saturated carbocycles. The summed E-state index contributed by atoms with van der Waals surface area (Å²) in [5, 5.41) is 0.748. The number of amides is 2. The molecule has 0 atom stereocenters. The van der Waals surface area contributed by atoms with Crippen LogP contribution in [-0.4, -0.2) is 28.0 Å². The van der Waals surface area contributed by atoms with Gasteiger partial charge >= 0.3 is 0 Å². The number of hydrazine groups is 1. The number of nitrogens with one attached hydrogen (secondary N) is 2. The van der Waals surface area contributed by atoms with E-state index in [1.165, 1.54) is 18.2 Å². The topological polar surface area (TPSA) is 84.0 Å². The second-order valence-electron chi connectivity index (χ2n) is 6.23. The van der Waals surface area contributed by atoms with E-state index in [-0.39, 0.29) is 17.7 Å². The fourth-order valence-corrected chi connectivity index (χ4v) is 3.52. The third kappa shape index (κ3) is 5.19. The lowest BCUT2D eigenvalue weighted by Crippen LogP contribution is -2.45. The van der Waals surface area contributed by atoms with Crippen LogP contribution < -0.4 is 10.9 Å². The minimum absolute atomic E-state index is 0.0380. The Morgan fingerprint density at radius 1 is 1.08 bits per heavy atom. The summed E-state index contributed by atoms with van der Waals surface area (Å²) in [6.45, 7) is 3.87. The second-order valence-corrected chi connectivity index (χ2v) is 7.01. The van der Waals surface area contributed by atoms with Crippen molar-refractivity contribution in [2.75, 3.05) is 6.26 Å². The highest BCUT2D eigenvalue weighted by molar-refractivity contribution is 7.98. The van der Waals surface area contributed by atoms with Gasteiger partial charge in [-0.1, -0.05) is 31.0 Å². The summed E-state index contributed by atoms with van der Waals surface area (Å²) in [6, 6.07) is 0. The molecule has 0 aliphatic heterocycles. The molecule has 24 heavy (non-hydrogen) atoms. The first-order chi connectivity index (χ1) is 11.5. The molecule has 0 bridgehead atoms. The van der Waals surface area contributed by atoms with Crippen LogP contribution in [0.1, 0.15) is 55.5 Å². The number of aromatic nitrogens is 2. The first-order valence-electron chi connectivity index (χ1n) is 8.48. The first-order valence-corrected chi connectivity index (χ1v) is 9.70. The van der Waals surface area contributed by atoms with E-state index in [4.69, 9.17) is 0 Å². The molecule has 1 aromatic rings. The van der Waals surface area contributed by atoms with Gasteiger partial charge in [0.25, 0.3) is 0 Å².